The van der Waals surface area contributed by atoms with Gasteiger partial charge in [0, 0.05) is 26.3 Å². The maximum absolute atomic E-state index is 12.2. The molecule has 32 heavy (non-hydrogen) atoms. The molecule has 1 N–H and O–H groups in total. The van der Waals surface area contributed by atoms with Crippen molar-refractivity contribution in [3.63, 3.8) is 0 Å². The lowest BCUT2D eigenvalue weighted by molar-refractivity contribution is -0.142. The molecule has 0 spiro atoms. The smallest absolute Gasteiger partial charge is 0.329 e. The Morgan fingerprint density at radius 3 is 2.16 bits per heavy atom. The Hall–Kier alpha value is -2.46. The van der Waals surface area contributed by atoms with Gasteiger partial charge in [-0.05, 0) is 48.6 Å². The van der Waals surface area contributed by atoms with Crippen LogP contribution in [0.5, 0.6) is 11.5 Å². The predicted molar refractivity (Wildman–Crippen MR) is 128 cm³/mol. The van der Waals surface area contributed by atoms with E-state index in [0.29, 0.717) is 17.7 Å². The van der Waals surface area contributed by atoms with Crippen molar-refractivity contribution in [1.29, 1.82) is 0 Å². The highest BCUT2D eigenvalue weighted by molar-refractivity contribution is 14.1. The van der Waals surface area contributed by atoms with E-state index in [-0.39, 0.29) is 24.0 Å². The van der Waals surface area contributed by atoms with E-state index in [9.17, 15) is 19.5 Å². The monoisotopic (exact) mass is 554 g/mol. The third kappa shape index (κ3) is 7.59. The highest BCUT2D eigenvalue weighted by Crippen LogP contribution is 2.32. The molecule has 0 heterocycles. The van der Waals surface area contributed by atoms with Crippen LogP contribution in [-0.4, -0.2) is 33.0 Å². The number of ether oxygens (including phenoxy) is 3. The molecule has 8 heteroatoms. The molecule has 0 fully saturated rings. The topological polar surface area (TPSA) is 99.1 Å². The summed E-state index contributed by atoms with van der Waals surface area (Å²) >= 11 is 1.88. The molecule has 0 saturated heterocycles. The quantitative estimate of drug-likeness (QED) is 0.218. The normalized spacial score (nSPS) is 17.8. The molecule has 172 valence electrons. The molecule has 0 amide bonds. The minimum atomic E-state index is -0.989. The minimum absolute atomic E-state index is 0.137. The Balaban J connectivity index is 2.26. The van der Waals surface area contributed by atoms with E-state index in [4.69, 9.17) is 14.2 Å². The highest BCUT2D eigenvalue weighted by atomic mass is 127. The van der Waals surface area contributed by atoms with Gasteiger partial charge in [-0.25, -0.2) is 0 Å². The Bertz CT molecular complexity index is 938. The van der Waals surface area contributed by atoms with Crippen LogP contribution in [0.15, 0.2) is 47.8 Å². The molecule has 1 aliphatic carbocycles. The van der Waals surface area contributed by atoms with E-state index in [1.54, 1.807) is 25.1 Å². The molecule has 0 aromatic heterocycles. The summed E-state index contributed by atoms with van der Waals surface area (Å²) in [6, 6.07) is 4.83. The summed E-state index contributed by atoms with van der Waals surface area (Å²) in [6.45, 7) is 5.96. The van der Waals surface area contributed by atoms with Gasteiger partial charge < -0.3 is 19.3 Å². The van der Waals surface area contributed by atoms with Crippen molar-refractivity contribution >= 4 is 46.6 Å². The summed E-state index contributed by atoms with van der Waals surface area (Å²) in [4.78, 5) is 34.9. The van der Waals surface area contributed by atoms with E-state index >= 15 is 0 Å². The Labute approximate surface area is 201 Å². The Morgan fingerprint density at radius 2 is 1.66 bits per heavy atom. The molecule has 0 saturated carbocycles. The van der Waals surface area contributed by atoms with Gasteiger partial charge in [0.25, 0.3) is 0 Å². The number of allylic oxidation sites excluding steroid dienone is 5. The van der Waals surface area contributed by atoms with Crippen LogP contribution in [-0.2, 0) is 19.1 Å². The minimum Gasteiger partial charge on any atom is -0.430 e. The average Bonchev–Trinajstić information content (AvgIpc) is 2.71. The number of halogens is 1. The maximum Gasteiger partial charge on any atom is 0.329 e. The lowest BCUT2D eigenvalue weighted by Crippen LogP contribution is -2.34. The summed E-state index contributed by atoms with van der Waals surface area (Å²) in [5, 5.41) is 9.34. The largest absolute Gasteiger partial charge is 0.430 e. The molecule has 0 radical (unpaired) electrons. The lowest BCUT2D eigenvalue weighted by Gasteiger charge is -2.24. The first-order valence-corrected chi connectivity index (χ1v) is 11.2. The van der Waals surface area contributed by atoms with Crippen LogP contribution in [0, 0.1) is 5.92 Å². The van der Waals surface area contributed by atoms with Gasteiger partial charge in [-0.1, -0.05) is 47.7 Å². The van der Waals surface area contributed by atoms with Gasteiger partial charge in [-0.15, -0.1) is 0 Å². The van der Waals surface area contributed by atoms with Gasteiger partial charge in [0.15, 0.2) is 0 Å². The average molecular weight is 554 g/mol. The third-order valence-corrected chi connectivity index (χ3v) is 5.50. The number of hydrogen-bond acceptors (Lipinski definition) is 7. The first-order chi connectivity index (χ1) is 15.0. The number of rotatable bonds is 8. The summed E-state index contributed by atoms with van der Waals surface area (Å²) < 4.78 is 14.8. The van der Waals surface area contributed by atoms with Crippen LogP contribution in [0.4, 0.5) is 0 Å². The molecule has 0 aliphatic heterocycles. The zero-order chi connectivity index (χ0) is 23.9. The number of hydrogen-bond donors (Lipinski definition) is 1. The van der Waals surface area contributed by atoms with Gasteiger partial charge in [-0.3, -0.25) is 14.4 Å². The summed E-state index contributed by atoms with van der Waals surface area (Å²) in [7, 11) is 0. The van der Waals surface area contributed by atoms with Crippen molar-refractivity contribution in [1.82, 2.24) is 0 Å². The van der Waals surface area contributed by atoms with E-state index in [0.717, 1.165) is 12.0 Å². The van der Waals surface area contributed by atoms with Crippen molar-refractivity contribution < 1.29 is 33.7 Å². The molecule has 1 aliphatic rings. The fourth-order valence-corrected chi connectivity index (χ4v) is 3.13. The first kappa shape index (κ1) is 25.8. The standard InChI is InChI=1S/C24H27IO7/c1-5-18-12-20(32-23(29)24(4,25)14-26)9-8-19(18)7-6-17-10-21(30-15(2)27)13-22(11-17)31-16(3)28/h6-11,13,18,26H,5,12,14H2,1-4H3/b7-6+. The SMILES string of the molecule is CCC1CC(OC(=O)C(C)(I)CO)=CC=C1/C=C/c1cc(OC(C)=O)cc(OC(C)=O)c1. The van der Waals surface area contributed by atoms with Gasteiger partial charge in [0.1, 0.15) is 20.7 Å². The molecular formula is C24H27IO7. The van der Waals surface area contributed by atoms with Gasteiger partial charge in [0.05, 0.1) is 6.61 Å². The van der Waals surface area contributed by atoms with E-state index in [2.05, 4.69) is 0 Å². The van der Waals surface area contributed by atoms with Crippen molar-refractivity contribution in [2.75, 3.05) is 6.61 Å². The summed E-state index contributed by atoms with van der Waals surface area (Å²) in [5.41, 5.74) is 1.74. The number of carbonyl (C=O) groups is 3. The van der Waals surface area contributed by atoms with Crippen molar-refractivity contribution in [3.8, 4) is 11.5 Å². The number of esters is 3. The van der Waals surface area contributed by atoms with Crippen LogP contribution in [0.2, 0.25) is 0 Å². The van der Waals surface area contributed by atoms with E-state index < -0.39 is 21.3 Å². The molecule has 2 unspecified atom stereocenters. The number of benzene rings is 1. The van der Waals surface area contributed by atoms with Crippen molar-refractivity contribution in [2.45, 2.75) is 44.0 Å². The number of aliphatic hydroxyl groups excluding tert-OH is 1. The summed E-state index contributed by atoms with van der Waals surface area (Å²) in [5.74, 6) is -0.174. The van der Waals surface area contributed by atoms with Gasteiger partial charge in [0.2, 0.25) is 0 Å². The number of aliphatic hydroxyl groups is 1. The van der Waals surface area contributed by atoms with Crippen molar-refractivity contribution in [3.05, 3.63) is 53.3 Å². The molecule has 7 nitrogen and oxygen atoms in total. The van der Waals surface area contributed by atoms with E-state index in [1.807, 2.05) is 47.7 Å². The molecule has 1 aromatic carbocycles. The fraction of sp³-hybridized carbons (Fsp3) is 0.375. The number of carbonyl (C=O) groups excluding carboxylic acids is 3. The van der Waals surface area contributed by atoms with Crippen molar-refractivity contribution in [2.24, 2.45) is 5.92 Å². The fourth-order valence-electron chi connectivity index (χ4n) is 3.02. The third-order valence-electron chi connectivity index (χ3n) is 4.71. The second-order valence-electron chi connectivity index (χ2n) is 7.61. The van der Waals surface area contributed by atoms with E-state index in [1.165, 1.54) is 19.9 Å². The van der Waals surface area contributed by atoms with Gasteiger partial charge >= 0.3 is 17.9 Å². The molecule has 1 aromatic rings. The van der Waals surface area contributed by atoms with Crippen LogP contribution < -0.4 is 9.47 Å². The molecule has 2 atom stereocenters. The predicted octanol–water partition coefficient (Wildman–Crippen LogP) is 4.52. The molecule has 2 rings (SSSR count). The van der Waals surface area contributed by atoms with Crippen LogP contribution in [0.3, 0.4) is 0 Å². The zero-order valence-electron chi connectivity index (χ0n) is 18.5. The number of alkyl halides is 1. The first-order valence-electron chi connectivity index (χ1n) is 10.2. The van der Waals surface area contributed by atoms with Crippen LogP contribution in [0.25, 0.3) is 6.08 Å². The zero-order valence-corrected chi connectivity index (χ0v) is 20.7. The van der Waals surface area contributed by atoms with Gasteiger partial charge in [-0.2, -0.15) is 0 Å². The van der Waals surface area contributed by atoms with Crippen LogP contribution in [0.1, 0.15) is 46.1 Å². The second kappa shape index (κ2) is 11.4. The lowest BCUT2D eigenvalue weighted by atomic mass is 9.87. The molecule has 0 bridgehead atoms. The van der Waals surface area contributed by atoms with Crippen LogP contribution >= 0.6 is 22.6 Å². The summed E-state index contributed by atoms with van der Waals surface area (Å²) in [6.07, 6.45) is 8.81. The Kier molecular flexibility index (Phi) is 9.21. The highest BCUT2D eigenvalue weighted by Gasteiger charge is 2.32. The molecular weight excluding hydrogens is 527 g/mol. The Morgan fingerprint density at radius 1 is 1.06 bits per heavy atom. The maximum atomic E-state index is 12.2. The second-order valence-corrected chi connectivity index (χ2v) is 9.99.